The molecule has 1 fully saturated rings. The summed E-state index contributed by atoms with van der Waals surface area (Å²) in [6, 6.07) is 7.69. The molecule has 2 rings (SSSR count). The fraction of sp³-hybridized carbons (Fsp3) is 0.579. The Morgan fingerprint density at radius 2 is 2.08 bits per heavy atom. The molecular formula is C19H27ClN2O2. The van der Waals surface area contributed by atoms with E-state index in [0.717, 1.165) is 24.8 Å². The van der Waals surface area contributed by atoms with Crippen molar-refractivity contribution < 1.29 is 9.59 Å². The van der Waals surface area contributed by atoms with Gasteiger partial charge in [0.1, 0.15) is 0 Å². The molecule has 2 amide bonds. The van der Waals surface area contributed by atoms with E-state index in [1.807, 2.05) is 24.3 Å². The first-order chi connectivity index (χ1) is 11.4. The molecular weight excluding hydrogens is 324 g/mol. The van der Waals surface area contributed by atoms with Gasteiger partial charge in [-0.25, -0.2) is 0 Å². The number of carbonyl (C=O) groups excluding carboxylic acids is 2. The highest BCUT2D eigenvalue weighted by atomic mass is 35.5. The van der Waals surface area contributed by atoms with Crippen LogP contribution in [-0.2, 0) is 16.0 Å². The molecule has 1 aliphatic rings. The van der Waals surface area contributed by atoms with Gasteiger partial charge in [0.2, 0.25) is 11.8 Å². The van der Waals surface area contributed by atoms with Crippen molar-refractivity contribution in [3.8, 4) is 0 Å². The van der Waals surface area contributed by atoms with Crippen molar-refractivity contribution >= 4 is 23.4 Å². The number of benzene rings is 1. The van der Waals surface area contributed by atoms with E-state index in [9.17, 15) is 9.59 Å². The summed E-state index contributed by atoms with van der Waals surface area (Å²) in [5, 5.41) is 6.80. The highest BCUT2D eigenvalue weighted by Crippen LogP contribution is 2.30. The van der Waals surface area contributed by atoms with Gasteiger partial charge >= 0.3 is 0 Å². The second-order valence-electron chi connectivity index (χ2n) is 6.95. The molecule has 0 bridgehead atoms. The second kappa shape index (κ2) is 8.52. The maximum Gasteiger partial charge on any atom is 0.220 e. The van der Waals surface area contributed by atoms with Gasteiger partial charge < -0.3 is 10.6 Å². The topological polar surface area (TPSA) is 58.2 Å². The summed E-state index contributed by atoms with van der Waals surface area (Å²) in [5.74, 6) is 0.624. The minimum Gasteiger partial charge on any atom is -0.356 e. The molecule has 2 atom stereocenters. The fourth-order valence-electron chi connectivity index (χ4n) is 3.05. The molecule has 132 valence electrons. The van der Waals surface area contributed by atoms with Crippen LogP contribution in [-0.4, -0.2) is 23.9 Å². The molecule has 0 spiro atoms. The number of halogens is 1. The van der Waals surface area contributed by atoms with Crippen LogP contribution in [0.25, 0.3) is 0 Å². The lowest BCUT2D eigenvalue weighted by Gasteiger charge is -2.29. The number of nitrogens with one attached hydrogen (secondary N) is 2. The van der Waals surface area contributed by atoms with E-state index in [2.05, 4.69) is 24.5 Å². The maximum absolute atomic E-state index is 12.1. The molecule has 0 aromatic heterocycles. The Morgan fingerprint density at radius 3 is 2.67 bits per heavy atom. The molecule has 1 saturated heterocycles. The lowest BCUT2D eigenvalue weighted by Crippen LogP contribution is -2.44. The number of hydrogen-bond donors (Lipinski definition) is 2. The van der Waals surface area contributed by atoms with Gasteiger partial charge in [0.25, 0.3) is 0 Å². The van der Waals surface area contributed by atoms with E-state index >= 15 is 0 Å². The first-order valence-corrected chi connectivity index (χ1v) is 9.12. The standard InChI is InChI=1S/C19H27ClN2O2/c1-3-14(2)13-21-17(23)8-10-19(11-9-18(24)22-19)12-15-4-6-16(20)7-5-15/h4-7,14H,3,8-13H2,1-2H3,(H,21,23)(H,22,24). The SMILES string of the molecule is CCC(C)CNC(=O)CCC1(Cc2ccc(Cl)cc2)CCC(=O)N1. The monoisotopic (exact) mass is 350 g/mol. The molecule has 5 heteroatoms. The molecule has 0 radical (unpaired) electrons. The van der Waals surface area contributed by atoms with E-state index in [-0.39, 0.29) is 17.4 Å². The van der Waals surface area contributed by atoms with Crippen LogP contribution in [0, 0.1) is 5.92 Å². The average molecular weight is 351 g/mol. The third-order valence-corrected chi connectivity index (χ3v) is 5.12. The van der Waals surface area contributed by atoms with Gasteiger partial charge in [0.05, 0.1) is 0 Å². The van der Waals surface area contributed by atoms with E-state index in [1.165, 1.54) is 0 Å². The number of carbonyl (C=O) groups is 2. The summed E-state index contributed by atoms with van der Waals surface area (Å²) in [5.41, 5.74) is 0.806. The van der Waals surface area contributed by atoms with Crippen molar-refractivity contribution in [3.63, 3.8) is 0 Å². The first kappa shape index (κ1) is 18.8. The smallest absolute Gasteiger partial charge is 0.220 e. The predicted octanol–water partition coefficient (Wildman–Crippen LogP) is 3.47. The van der Waals surface area contributed by atoms with Gasteiger partial charge in [0, 0.05) is 29.9 Å². The van der Waals surface area contributed by atoms with Crippen LogP contribution in [0.2, 0.25) is 5.02 Å². The van der Waals surface area contributed by atoms with Crippen molar-refractivity contribution in [2.75, 3.05) is 6.54 Å². The van der Waals surface area contributed by atoms with Gasteiger partial charge in [-0.15, -0.1) is 0 Å². The fourth-order valence-corrected chi connectivity index (χ4v) is 3.17. The van der Waals surface area contributed by atoms with Crippen LogP contribution < -0.4 is 10.6 Å². The quantitative estimate of drug-likeness (QED) is 0.754. The Bertz CT molecular complexity index is 573. The van der Waals surface area contributed by atoms with E-state index < -0.39 is 0 Å². The maximum atomic E-state index is 12.1. The zero-order valence-corrected chi connectivity index (χ0v) is 15.3. The van der Waals surface area contributed by atoms with Crippen molar-refractivity contribution in [1.29, 1.82) is 0 Å². The Hall–Kier alpha value is -1.55. The second-order valence-corrected chi connectivity index (χ2v) is 7.39. The Kier molecular flexibility index (Phi) is 6.67. The van der Waals surface area contributed by atoms with Gasteiger partial charge in [-0.1, -0.05) is 44.0 Å². The normalized spacial score (nSPS) is 21.4. The summed E-state index contributed by atoms with van der Waals surface area (Å²) in [6.07, 6.45) is 4.18. The van der Waals surface area contributed by atoms with Gasteiger partial charge in [0.15, 0.2) is 0 Å². The zero-order chi connectivity index (χ0) is 17.6. The lowest BCUT2D eigenvalue weighted by molar-refractivity contribution is -0.122. The summed E-state index contributed by atoms with van der Waals surface area (Å²) in [6.45, 7) is 4.96. The predicted molar refractivity (Wildman–Crippen MR) is 97.0 cm³/mol. The van der Waals surface area contributed by atoms with Crippen LogP contribution in [0.5, 0.6) is 0 Å². The molecule has 4 nitrogen and oxygen atoms in total. The first-order valence-electron chi connectivity index (χ1n) is 8.74. The third kappa shape index (κ3) is 5.52. The number of hydrogen-bond acceptors (Lipinski definition) is 2. The number of amides is 2. The van der Waals surface area contributed by atoms with Crippen molar-refractivity contribution in [1.82, 2.24) is 10.6 Å². The van der Waals surface area contributed by atoms with E-state index in [1.54, 1.807) is 0 Å². The van der Waals surface area contributed by atoms with Crippen LogP contribution >= 0.6 is 11.6 Å². The zero-order valence-electron chi connectivity index (χ0n) is 14.5. The van der Waals surface area contributed by atoms with E-state index in [4.69, 9.17) is 11.6 Å². The third-order valence-electron chi connectivity index (χ3n) is 4.87. The van der Waals surface area contributed by atoms with Crippen molar-refractivity contribution in [3.05, 3.63) is 34.9 Å². The van der Waals surface area contributed by atoms with Gasteiger partial charge in [-0.2, -0.15) is 0 Å². The summed E-state index contributed by atoms with van der Waals surface area (Å²) < 4.78 is 0. The largest absolute Gasteiger partial charge is 0.356 e. The minimum atomic E-state index is -0.321. The molecule has 0 aliphatic carbocycles. The highest BCUT2D eigenvalue weighted by Gasteiger charge is 2.37. The number of rotatable bonds is 8. The lowest BCUT2D eigenvalue weighted by atomic mass is 9.85. The molecule has 1 heterocycles. The Labute approximate surface area is 149 Å². The average Bonchev–Trinajstić information content (AvgIpc) is 2.94. The van der Waals surface area contributed by atoms with Crippen LogP contribution in [0.15, 0.2) is 24.3 Å². The molecule has 2 N–H and O–H groups in total. The van der Waals surface area contributed by atoms with Crippen molar-refractivity contribution in [2.45, 2.75) is 57.9 Å². The molecule has 0 saturated carbocycles. The molecule has 24 heavy (non-hydrogen) atoms. The summed E-state index contributed by atoms with van der Waals surface area (Å²) >= 11 is 5.94. The van der Waals surface area contributed by atoms with Crippen LogP contribution in [0.4, 0.5) is 0 Å². The Balaban J connectivity index is 1.94. The minimum absolute atomic E-state index is 0.0620. The van der Waals surface area contributed by atoms with Gasteiger partial charge in [-0.05, 0) is 42.9 Å². The van der Waals surface area contributed by atoms with Crippen molar-refractivity contribution in [2.24, 2.45) is 5.92 Å². The molecule has 2 unspecified atom stereocenters. The van der Waals surface area contributed by atoms with Gasteiger partial charge in [-0.3, -0.25) is 9.59 Å². The summed E-state index contributed by atoms with van der Waals surface area (Å²) in [4.78, 5) is 23.9. The van der Waals surface area contributed by atoms with E-state index in [0.29, 0.717) is 36.7 Å². The molecule has 1 aromatic rings. The Morgan fingerprint density at radius 1 is 1.38 bits per heavy atom. The van der Waals surface area contributed by atoms with Crippen LogP contribution in [0.1, 0.15) is 51.5 Å². The van der Waals surface area contributed by atoms with Crippen LogP contribution in [0.3, 0.4) is 0 Å². The molecule has 1 aromatic carbocycles. The summed E-state index contributed by atoms with van der Waals surface area (Å²) in [7, 11) is 0. The molecule has 1 aliphatic heterocycles. The highest BCUT2D eigenvalue weighted by molar-refractivity contribution is 6.30.